The fourth-order valence-electron chi connectivity index (χ4n) is 8.76. The van der Waals surface area contributed by atoms with Gasteiger partial charge in [-0.15, -0.1) is 0 Å². The smallest absolute Gasteiger partial charge is 0.307 e. The van der Waals surface area contributed by atoms with E-state index >= 15 is 0 Å². The Labute approximate surface area is 190 Å². The number of Topliss-reactive ketones (excluding diaryl/α,β-unsaturated/α-hetero) is 1. The first kappa shape index (κ1) is 22.1. The van der Waals surface area contributed by atoms with Crippen molar-refractivity contribution in [3.63, 3.8) is 0 Å². The summed E-state index contributed by atoms with van der Waals surface area (Å²) < 4.78 is 1.43. The second-order valence-electron chi connectivity index (χ2n) is 12.2. The Morgan fingerprint density at radius 3 is 2.59 bits per heavy atom. The fraction of sp³-hybridized carbons (Fsp3) is 0.840. The summed E-state index contributed by atoms with van der Waals surface area (Å²) in [5, 5.41) is 25.7. The van der Waals surface area contributed by atoms with Crippen molar-refractivity contribution in [2.24, 2.45) is 40.4 Å². The standard InChI is InChI=1S/C25H37N3O4/c1-23(30)10-11-24(2)16(12-23)4-5-18-19-6-7-21(25(19,3)9-8-20(18)24)22(29)15-27-14-17(13-26-27)28(31)32/h13-14,16,18-21,30H,4-12,15H2,1-3H3/t16-,18+,19+,20+,21-,23-,24+,25+/m1/s1. The molecule has 4 fully saturated rings. The highest BCUT2D eigenvalue weighted by Crippen LogP contribution is 2.68. The summed E-state index contributed by atoms with van der Waals surface area (Å²) in [6.45, 7) is 6.98. The third kappa shape index (κ3) is 3.34. The van der Waals surface area contributed by atoms with Crippen LogP contribution in [0.5, 0.6) is 0 Å². The van der Waals surface area contributed by atoms with Gasteiger partial charge in [0.1, 0.15) is 18.9 Å². The maximum atomic E-state index is 13.3. The molecule has 4 saturated carbocycles. The van der Waals surface area contributed by atoms with Gasteiger partial charge in [-0.3, -0.25) is 19.6 Å². The first-order valence-electron chi connectivity index (χ1n) is 12.5. The molecule has 0 unspecified atom stereocenters. The average Bonchev–Trinajstić information content (AvgIpc) is 3.32. The van der Waals surface area contributed by atoms with Crippen molar-refractivity contribution < 1.29 is 14.8 Å². The number of carbonyl (C=O) groups excluding carboxylic acids is 1. The summed E-state index contributed by atoms with van der Waals surface area (Å²) in [6, 6.07) is 0. The lowest BCUT2D eigenvalue weighted by Crippen LogP contribution is -2.55. The van der Waals surface area contributed by atoms with Crippen LogP contribution in [0.4, 0.5) is 5.69 Å². The number of fused-ring (bicyclic) bond motifs is 5. The number of aromatic nitrogens is 2. The zero-order valence-corrected chi connectivity index (χ0v) is 19.6. The summed E-state index contributed by atoms with van der Waals surface area (Å²) >= 11 is 0. The van der Waals surface area contributed by atoms with Crippen molar-refractivity contribution in [3.8, 4) is 0 Å². The van der Waals surface area contributed by atoms with Gasteiger partial charge >= 0.3 is 5.69 Å². The molecule has 0 amide bonds. The van der Waals surface area contributed by atoms with E-state index in [-0.39, 0.29) is 29.3 Å². The maximum absolute atomic E-state index is 13.3. The van der Waals surface area contributed by atoms with Crippen LogP contribution < -0.4 is 0 Å². The average molecular weight is 444 g/mol. The monoisotopic (exact) mass is 443 g/mol. The van der Waals surface area contributed by atoms with Crippen molar-refractivity contribution in [2.45, 2.75) is 90.7 Å². The minimum atomic E-state index is -0.507. The minimum absolute atomic E-state index is 0.0225. The number of hydrogen-bond donors (Lipinski definition) is 1. The quantitative estimate of drug-likeness (QED) is 0.534. The zero-order chi connectivity index (χ0) is 22.9. The Hall–Kier alpha value is -1.76. The topological polar surface area (TPSA) is 98.3 Å². The second kappa shape index (κ2) is 7.37. The number of nitro groups is 1. The molecule has 4 aliphatic carbocycles. The lowest BCUT2D eigenvalue weighted by atomic mass is 9.44. The summed E-state index contributed by atoms with van der Waals surface area (Å²) in [7, 11) is 0. The SMILES string of the molecule is C[C@@]1(O)CC[C@@]2(C)[C@H](CC[C@@H]3[C@@H]2CC[C@]2(C)[C@@H](C(=O)Cn4cc([N+](=O)[O-])cn4)CC[C@@H]32)C1. The van der Waals surface area contributed by atoms with E-state index in [0.717, 1.165) is 38.5 Å². The number of rotatable bonds is 4. The van der Waals surface area contributed by atoms with E-state index in [1.165, 1.54) is 36.3 Å². The molecule has 1 aromatic rings. The normalized spacial score (nSPS) is 45.6. The lowest BCUT2D eigenvalue weighted by Gasteiger charge is -2.61. The highest BCUT2D eigenvalue weighted by atomic mass is 16.6. The summed E-state index contributed by atoms with van der Waals surface area (Å²) in [5.41, 5.74) is -0.221. The third-order valence-electron chi connectivity index (χ3n) is 10.5. The van der Waals surface area contributed by atoms with Crippen LogP contribution in [0.3, 0.4) is 0 Å². The van der Waals surface area contributed by atoms with Crippen LogP contribution in [0.25, 0.3) is 0 Å². The van der Waals surface area contributed by atoms with Gasteiger partial charge in [0.15, 0.2) is 5.78 Å². The summed E-state index contributed by atoms with van der Waals surface area (Å²) in [4.78, 5) is 23.8. The molecule has 0 aromatic carbocycles. The van der Waals surface area contributed by atoms with Gasteiger partial charge in [-0.05, 0) is 99.2 Å². The van der Waals surface area contributed by atoms with Crippen LogP contribution in [0, 0.1) is 50.5 Å². The minimum Gasteiger partial charge on any atom is -0.390 e. The van der Waals surface area contributed by atoms with Crippen LogP contribution in [-0.2, 0) is 11.3 Å². The van der Waals surface area contributed by atoms with Crippen LogP contribution in [0.15, 0.2) is 12.4 Å². The number of aliphatic hydroxyl groups is 1. The van der Waals surface area contributed by atoms with Gasteiger partial charge in [0.2, 0.25) is 0 Å². The Balaban J connectivity index is 1.32. The predicted molar refractivity (Wildman–Crippen MR) is 120 cm³/mol. The summed E-state index contributed by atoms with van der Waals surface area (Å²) in [6.07, 6.45) is 12.3. The van der Waals surface area contributed by atoms with E-state index in [1.807, 2.05) is 6.92 Å². The first-order chi connectivity index (χ1) is 15.0. The van der Waals surface area contributed by atoms with Crippen LogP contribution in [-0.4, -0.2) is 31.2 Å². The van der Waals surface area contributed by atoms with Gasteiger partial charge in [0.25, 0.3) is 0 Å². The number of nitrogens with zero attached hydrogens (tertiary/aromatic N) is 3. The third-order valence-corrected chi connectivity index (χ3v) is 10.5. The molecule has 4 aliphatic rings. The number of ketones is 1. The second-order valence-corrected chi connectivity index (χ2v) is 12.2. The van der Waals surface area contributed by atoms with Gasteiger partial charge in [0, 0.05) is 5.92 Å². The fourth-order valence-corrected chi connectivity index (χ4v) is 8.76. The van der Waals surface area contributed by atoms with E-state index in [9.17, 15) is 20.0 Å². The molecule has 0 bridgehead atoms. The molecule has 7 nitrogen and oxygen atoms in total. The predicted octanol–water partition coefficient (Wildman–Crippen LogP) is 4.77. The van der Waals surface area contributed by atoms with E-state index < -0.39 is 10.5 Å². The molecular formula is C25H37N3O4. The molecule has 5 rings (SSSR count). The molecule has 0 spiro atoms. The van der Waals surface area contributed by atoms with Crippen molar-refractivity contribution >= 4 is 11.5 Å². The Morgan fingerprint density at radius 2 is 1.88 bits per heavy atom. The van der Waals surface area contributed by atoms with E-state index in [4.69, 9.17) is 0 Å². The molecule has 0 saturated heterocycles. The van der Waals surface area contributed by atoms with Gasteiger partial charge in [-0.2, -0.15) is 5.10 Å². The first-order valence-corrected chi connectivity index (χ1v) is 12.5. The van der Waals surface area contributed by atoms with Crippen molar-refractivity contribution in [3.05, 3.63) is 22.5 Å². The molecule has 1 heterocycles. The summed E-state index contributed by atoms with van der Waals surface area (Å²) in [5.74, 6) is 2.79. The van der Waals surface area contributed by atoms with E-state index in [0.29, 0.717) is 29.1 Å². The Bertz CT molecular complexity index is 926. The molecule has 0 radical (unpaired) electrons. The molecule has 1 N–H and O–H groups in total. The van der Waals surface area contributed by atoms with Crippen molar-refractivity contribution in [1.29, 1.82) is 0 Å². The molecule has 8 atom stereocenters. The lowest BCUT2D eigenvalue weighted by molar-refractivity contribution is -0.385. The van der Waals surface area contributed by atoms with E-state index in [1.54, 1.807) is 0 Å². The molecule has 7 heteroatoms. The molecule has 32 heavy (non-hydrogen) atoms. The maximum Gasteiger partial charge on any atom is 0.307 e. The van der Waals surface area contributed by atoms with Gasteiger partial charge in [-0.1, -0.05) is 13.8 Å². The highest BCUT2D eigenvalue weighted by Gasteiger charge is 2.61. The van der Waals surface area contributed by atoms with Crippen molar-refractivity contribution in [1.82, 2.24) is 9.78 Å². The number of carbonyl (C=O) groups is 1. The molecule has 1 aromatic heterocycles. The highest BCUT2D eigenvalue weighted by molar-refractivity contribution is 5.82. The van der Waals surface area contributed by atoms with Gasteiger partial charge < -0.3 is 5.11 Å². The molecular weight excluding hydrogens is 406 g/mol. The van der Waals surface area contributed by atoms with Gasteiger partial charge in [-0.25, -0.2) is 0 Å². The largest absolute Gasteiger partial charge is 0.390 e. The molecule has 0 aliphatic heterocycles. The van der Waals surface area contributed by atoms with Crippen molar-refractivity contribution in [2.75, 3.05) is 0 Å². The molecule has 176 valence electrons. The zero-order valence-electron chi connectivity index (χ0n) is 19.6. The van der Waals surface area contributed by atoms with Crippen LogP contribution in [0.1, 0.15) is 78.6 Å². The van der Waals surface area contributed by atoms with Crippen LogP contribution >= 0.6 is 0 Å². The number of hydrogen-bond acceptors (Lipinski definition) is 5. The van der Waals surface area contributed by atoms with E-state index in [2.05, 4.69) is 18.9 Å². The van der Waals surface area contributed by atoms with Crippen LogP contribution in [0.2, 0.25) is 0 Å². The van der Waals surface area contributed by atoms with Gasteiger partial charge in [0.05, 0.1) is 10.5 Å². The Kier molecular flexibility index (Phi) is 5.08. The Morgan fingerprint density at radius 1 is 1.12 bits per heavy atom.